The number of carbonyl (C=O) groups is 1. The zero-order valence-corrected chi connectivity index (χ0v) is 16.0. The maximum Gasteiger partial charge on any atom is 0.239 e. The summed E-state index contributed by atoms with van der Waals surface area (Å²) < 4.78 is 14.8. The van der Waals surface area contributed by atoms with Crippen molar-refractivity contribution in [1.29, 1.82) is 0 Å². The lowest BCUT2D eigenvalue weighted by Gasteiger charge is -2.15. The summed E-state index contributed by atoms with van der Waals surface area (Å²) in [7, 11) is 0. The van der Waals surface area contributed by atoms with E-state index < -0.39 is 0 Å². The number of thioether (sulfide) groups is 1. The van der Waals surface area contributed by atoms with Crippen molar-refractivity contribution in [2.75, 3.05) is 12.3 Å². The number of carbonyl (C=O) groups excluding carboxylic acids is 1. The predicted octanol–water partition coefficient (Wildman–Crippen LogP) is 3.88. The van der Waals surface area contributed by atoms with Crippen LogP contribution in [0.15, 0.2) is 72.0 Å². The van der Waals surface area contributed by atoms with E-state index >= 15 is 0 Å². The number of benzene rings is 2. The monoisotopic (exact) mass is 394 g/mol. The Kier molecular flexibility index (Phi) is 5.53. The first-order chi connectivity index (χ1) is 13.7. The number of amidine groups is 1. The van der Waals surface area contributed by atoms with E-state index in [1.165, 1.54) is 29.5 Å². The van der Waals surface area contributed by atoms with Crippen molar-refractivity contribution in [1.82, 2.24) is 14.7 Å². The topological polar surface area (TPSA) is 50.5 Å². The summed E-state index contributed by atoms with van der Waals surface area (Å²) in [6.07, 6.45) is 4.29. The maximum atomic E-state index is 13.0. The molecule has 0 spiro atoms. The lowest BCUT2D eigenvalue weighted by Crippen LogP contribution is -2.31. The number of halogens is 1. The number of rotatable bonds is 6. The van der Waals surface area contributed by atoms with Crippen LogP contribution in [0, 0.1) is 5.82 Å². The molecule has 1 aliphatic heterocycles. The average molecular weight is 394 g/mol. The summed E-state index contributed by atoms with van der Waals surface area (Å²) >= 11 is 1.45. The van der Waals surface area contributed by atoms with E-state index in [1.807, 2.05) is 24.4 Å². The zero-order chi connectivity index (χ0) is 19.3. The summed E-state index contributed by atoms with van der Waals surface area (Å²) in [5.41, 5.74) is 2.85. The Morgan fingerprint density at radius 3 is 2.64 bits per heavy atom. The van der Waals surface area contributed by atoms with Crippen LogP contribution in [0.5, 0.6) is 0 Å². The fraction of sp³-hybridized carbons (Fsp3) is 0.190. The van der Waals surface area contributed by atoms with E-state index in [0.29, 0.717) is 29.7 Å². The first kappa shape index (κ1) is 18.4. The Morgan fingerprint density at radius 1 is 1.07 bits per heavy atom. The normalized spacial score (nSPS) is 15.5. The highest BCUT2D eigenvalue weighted by molar-refractivity contribution is 8.15. The number of nitrogens with zero attached hydrogens (tertiary/aromatic N) is 4. The van der Waals surface area contributed by atoms with E-state index in [1.54, 1.807) is 27.9 Å². The van der Waals surface area contributed by atoms with E-state index in [2.05, 4.69) is 22.2 Å². The van der Waals surface area contributed by atoms with Gasteiger partial charge in [0.05, 0.1) is 24.7 Å². The average Bonchev–Trinajstić information content (AvgIpc) is 3.29. The van der Waals surface area contributed by atoms with Gasteiger partial charge in [0.2, 0.25) is 5.91 Å². The van der Waals surface area contributed by atoms with Gasteiger partial charge in [0, 0.05) is 6.54 Å². The van der Waals surface area contributed by atoms with Gasteiger partial charge in [-0.05, 0) is 29.7 Å². The molecule has 1 aliphatic rings. The van der Waals surface area contributed by atoms with Gasteiger partial charge in [-0.2, -0.15) is 5.10 Å². The molecule has 1 saturated heterocycles. The van der Waals surface area contributed by atoms with E-state index in [0.717, 1.165) is 12.0 Å². The predicted molar refractivity (Wildman–Crippen MR) is 109 cm³/mol. The molecule has 0 bridgehead atoms. The quantitative estimate of drug-likeness (QED) is 0.638. The summed E-state index contributed by atoms with van der Waals surface area (Å²) in [6.45, 7) is 1.15. The Bertz CT molecular complexity index is 985. The zero-order valence-electron chi connectivity index (χ0n) is 15.2. The van der Waals surface area contributed by atoms with Crippen LogP contribution >= 0.6 is 11.8 Å². The second-order valence-corrected chi connectivity index (χ2v) is 7.43. The van der Waals surface area contributed by atoms with Gasteiger partial charge in [-0.3, -0.25) is 14.4 Å². The molecule has 28 heavy (non-hydrogen) atoms. The van der Waals surface area contributed by atoms with Crippen LogP contribution in [0.25, 0.3) is 0 Å². The first-order valence-corrected chi connectivity index (χ1v) is 9.98. The first-order valence-electron chi connectivity index (χ1n) is 9.00. The van der Waals surface area contributed by atoms with Crippen LogP contribution < -0.4 is 0 Å². The van der Waals surface area contributed by atoms with Crippen molar-refractivity contribution >= 4 is 28.5 Å². The van der Waals surface area contributed by atoms with Crippen LogP contribution in [0.4, 0.5) is 10.1 Å². The lowest BCUT2D eigenvalue weighted by molar-refractivity contribution is -0.124. The van der Waals surface area contributed by atoms with Gasteiger partial charge in [-0.1, -0.05) is 54.2 Å². The molecule has 0 aliphatic carbocycles. The molecule has 0 unspecified atom stereocenters. The van der Waals surface area contributed by atoms with Gasteiger partial charge in [-0.25, -0.2) is 9.38 Å². The maximum absolute atomic E-state index is 13.0. The largest absolute Gasteiger partial charge is 0.290 e. The van der Waals surface area contributed by atoms with Gasteiger partial charge >= 0.3 is 0 Å². The number of aliphatic imine (C=N–C) groups is 1. The van der Waals surface area contributed by atoms with Crippen molar-refractivity contribution in [3.05, 3.63) is 83.9 Å². The Balaban J connectivity index is 1.44. The molecule has 3 aromatic rings. The molecule has 2 aromatic carbocycles. The fourth-order valence-corrected chi connectivity index (χ4v) is 3.90. The van der Waals surface area contributed by atoms with Crippen molar-refractivity contribution < 1.29 is 9.18 Å². The number of amides is 1. The standard InChI is InChI=1S/C21H19FN4OS/c22-18-8-6-17(7-9-18)13-25-14-19(12-23-25)24-21-26(20(27)15-28-21)11-10-16-4-2-1-3-5-16/h1-9,12,14H,10-11,13,15H2. The molecule has 7 heteroatoms. The summed E-state index contributed by atoms with van der Waals surface area (Å²) in [4.78, 5) is 18.6. The fourth-order valence-electron chi connectivity index (χ4n) is 2.97. The molecule has 142 valence electrons. The van der Waals surface area contributed by atoms with Gasteiger partial charge in [0.1, 0.15) is 11.5 Å². The minimum atomic E-state index is -0.255. The molecule has 2 heterocycles. The molecule has 0 radical (unpaired) electrons. The van der Waals surface area contributed by atoms with Gasteiger partial charge in [0.15, 0.2) is 5.17 Å². The molecular formula is C21H19FN4OS. The van der Waals surface area contributed by atoms with Crippen molar-refractivity contribution in [2.24, 2.45) is 4.99 Å². The molecule has 1 amide bonds. The molecule has 1 fully saturated rings. The van der Waals surface area contributed by atoms with Gasteiger partial charge < -0.3 is 0 Å². The second-order valence-electron chi connectivity index (χ2n) is 6.49. The molecule has 0 saturated carbocycles. The van der Waals surface area contributed by atoms with Crippen LogP contribution in [0.1, 0.15) is 11.1 Å². The third kappa shape index (κ3) is 4.48. The molecule has 0 atom stereocenters. The highest BCUT2D eigenvalue weighted by Crippen LogP contribution is 2.24. The Hall–Kier alpha value is -2.93. The summed E-state index contributed by atoms with van der Waals surface area (Å²) in [6, 6.07) is 16.4. The molecule has 1 aromatic heterocycles. The minimum Gasteiger partial charge on any atom is -0.290 e. The smallest absolute Gasteiger partial charge is 0.239 e. The Labute approximate surface area is 166 Å². The highest BCUT2D eigenvalue weighted by Gasteiger charge is 2.27. The number of hydrogen-bond acceptors (Lipinski definition) is 4. The van der Waals surface area contributed by atoms with E-state index in [-0.39, 0.29) is 11.7 Å². The molecular weight excluding hydrogens is 375 g/mol. The third-order valence-corrected chi connectivity index (χ3v) is 5.39. The van der Waals surface area contributed by atoms with Crippen molar-refractivity contribution in [2.45, 2.75) is 13.0 Å². The number of hydrogen-bond donors (Lipinski definition) is 0. The van der Waals surface area contributed by atoms with Gasteiger partial charge in [-0.15, -0.1) is 0 Å². The third-order valence-electron chi connectivity index (χ3n) is 4.43. The molecule has 5 nitrogen and oxygen atoms in total. The van der Waals surface area contributed by atoms with Crippen molar-refractivity contribution in [3.8, 4) is 0 Å². The van der Waals surface area contributed by atoms with Crippen LogP contribution in [-0.4, -0.2) is 38.1 Å². The lowest BCUT2D eigenvalue weighted by atomic mass is 10.1. The van der Waals surface area contributed by atoms with Crippen LogP contribution in [0.3, 0.4) is 0 Å². The SMILES string of the molecule is O=C1CSC(=Nc2cnn(Cc3ccc(F)cc3)c2)N1CCc1ccccc1. The Morgan fingerprint density at radius 2 is 1.86 bits per heavy atom. The second kappa shape index (κ2) is 8.39. The van der Waals surface area contributed by atoms with Crippen LogP contribution in [0.2, 0.25) is 0 Å². The van der Waals surface area contributed by atoms with Gasteiger partial charge in [0.25, 0.3) is 0 Å². The van der Waals surface area contributed by atoms with E-state index in [4.69, 9.17) is 0 Å². The molecule has 0 N–H and O–H groups in total. The summed E-state index contributed by atoms with van der Waals surface area (Å²) in [5, 5.41) is 5.03. The minimum absolute atomic E-state index is 0.0818. The molecule has 4 rings (SSSR count). The summed E-state index contributed by atoms with van der Waals surface area (Å²) in [5.74, 6) is 0.241. The van der Waals surface area contributed by atoms with Crippen LogP contribution in [-0.2, 0) is 17.8 Å². The highest BCUT2D eigenvalue weighted by atomic mass is 32.2. The van der Waals surface area contributed by atoms with Crippen molar-refractivity contribution in [3.63, 3.8) is 0 Å². The number of aromatic nitrogens is 2. The van der Waals surface area contributed by atoms with E-state index in [9.17, 15) is 9.18 Å².